The average Bonchev–Trinajstić information content (AvgIpc) is 2.98. The standard InChI is InChI=1S/C50H88N8O27/c1-27(62)55-38-44(73)41(70)30(20-59)83-47(38)80-17-11-51-34(66)8-14-77-23-50(58-37(69)7-5-6-33(65)54-26-76-4,24-78-15-9-35(67)52-12-18-81-48-39(56-28(2)63)45(74)42(71)31(21-60)84-48)25-79-16-10-36(68)53-13-19-82-49-40(57-29(3)64)46(75)43(72)32(22-61)85-49/h30-32,38-49,59-61,70-75H,5-26H2,1-4H3,(H,51,66)(H,52,67)(H,53,68)(H,54,65)(H,55,62)(H,56,63)(H,57,64)(H,58,69). The van der Waals surface area contributed by atoms with Crippen LogP contribution in [0.4, 0.5) is 0 Å². The fourth-order valence-electron chi connectivity index (χ4n) is 8.74. The summed E-state index contributed by atoms with van der Waals surface area (Å²) < 4.78 is 56.1. The Labute approximate surface area is 490 Å². The summed E-state index contributed by atoms with van der Waals surface area (Å²) in [5.74, 6) is -4.28. The summed E-state index contributed by atoms with van der Waals surface area (Å²) in [6.45, 7) is -1.43. The molecule has 0 aliphatic carbocycles. The number of hydrogen-bond acceptors (Lipinski definition) is 27. The van der Waals surface area contributed by atoms with Crippen LogP contribution in [0.25, 0.3) is 0 Å². The number of ether oxygens (including phenoxy) is 10. The number of methoxy groups -OCH3 is 1. The summed E-state index contributed by atoms with van der Waals surface area (Å²) in [6, 6.07) is -3.63. The molecule has 15 atom stereocenters. The Bertz CT molecular complexity index is 1870. The van der Waals surface area contributed by atoms with Gasteiger partial charge in [-0.2, -0.15) is 0 Å². The van der Waals surface area contributed by atoms with Gasteiger partial charge in [-0.15, -0.1) is 0 Å². The fraction of sp³-hybridized carbons (Fsp3) is 0.840. The number of carbonyl (C=O) groups excluding carboxylic acids is 8. The molecule has 3 aliphatic heterocycles. The highest BCUT2D eigenvalue weighted by Gasteiger charge is 2.48. The Morgan fingerprint density at radius 3 is 1.02 bits per heavy atom. The average molecular weight is 1230 g/mol. The van der Waals surface area contributed by atoms with Crippen molar-refractivity contribution < 1.29 is 132 Å². The fourth-order valence-corrected chi connectivity index (χ4v) is 8.74. The van der Waals surface area contributed by atoms with Gasteiger partial charge in [0.1, 0.15) is 85.3 Å². The van der Waals surface area contributed by atoms with Gasteiger partial charge in [0, 0.05) is 79.6 Å². The lowest BCUT2D eigenvalue weighted by molar-refractivity contribution is -0.269. The van der Waals surface area contributed by atoms with Gasteiger partial charge in [0.15, 0.2) is 18.9 Å². The van der Waals surface area contributed by atoms with Crippen LogP contribution in [-0.4, -0.2) is 303 Å². The van der Waals surface area contributed by atoms with E-state index in [1.807, 2.05) is 0 Å². The molecular formula is C50H88N8O27. The minimum atomic E-state index is -1.59. The number of aliphatic hydroxyl groups is 9. The molecule has 15 unspecified atom stereocenters. The summed E-state index contributed by atoms with van der Waals surface area (Å²) in [5.41, 5.74) is -1.59. The first-order valence-electron chi connectivity index (χ1n) is 27.6. The van der Waals surface area contributed by atoms with Crippen molar-refractivity contribution in [3.05, 3.63) is 0 Å². The Balaban J connectivity index is 1.68. The topological polar surface area (TPSA) is 507 Å². The summed E-state index contributed by atoms with van der Waals surface area (Å²) in [6.07, 6.45) is -17.8. The molecule has 0 saturated carbocycles. The van der Waals surface area contributed by atoms with Crippen molar-refractivity contribution in [3.63, 3.8) is 0 Å². The van der Waals surface area contributed by atoms with Gasteiger partial charge in [-0.1, -0.05) is 0 Å². The Hall–Kier alpha value is -5.00. The number of carbonyl (C=O) groups is 8. The van der Waals surface area contributed by atoms with Gasteiger partial charge in [0.05, 0.1) is 79.3 Å². The number of hydrogen-bond donors (Lipinski definition) is 17. The maximum absolute atomic E-state index is 13.6. The van der Waals surface area contributed by atoms with E-state index in [1.165, 1.54) is 27.9 Å². The van der Waals surface area contributed by atoms with E-state index >= 15 is 0 Å². The molecule has 3 heterocycles. The second-order valence-electron chi connectivity index (χ2n) is 20.1. The minimum Gasteiger partial charge on any atom is -0.394 e. The van der Waals surface area contributed by atoms with E-state index in [0.717, 1.165) is 0 Å². The zero-order chi connectivity index (χ0) is 63.1. The highest BCUT2D eigenvalue weighted by Crippen LogP contribution is 2.25. The largest absolute Gasteiger partial charge is 0.394 e. The third-order valence-corrected chi connectivity index (χ3v) is 13.1. The van der Waals surface area contributed by atoms with Gasteiger partial charge in [0.2, 0.25) is 47.3 Å². The third kappa shape index (κ3) is 26.5. The molecule has 8 amide bonds. The number of aliphatic hydroxyl groups excluding tert-OH is 9. The van der Waals surface area contributed by atoms with Crippen molar-refractivity contribution in [3.8, 4) is 0 Å². The quantitative estimate of drug-likeness (QED) is 0.0200. The van der Waals surface area contributed by atoms with Gasteiger partial charge < -0.3 is 136 Å². The number of rotatable bonds is 40. The van der Waals surface area contributed by atoms with Crippen LogP contribution >= 0.6 is 0 Å². The van der Waals surface area contributed by atoms with E-state index in [9.17, 15) is 84.3 Å². The molecule has 0 aromatic carbocycles. The number of nitrogens with one attached hydrogen (secondary N) is 8. The van der Waals surface area contributed by atoms with E-state index in [2.05, 4.69) is 42.5 Å². The van der Waals surface area contributed by atoms with Gasteiger partial charge >= 0.3 is 0 Å². The smallest absolute Gasteiger partial charge is 0.222 e. The van der Waals surface area contributed by atoms with Crippen molar-refractivity contribution in [2.75, 3.05) is 113 Å². The lowest BCUT2D eigenvalue weighted by Crippen LogP contribution is -2.64. The molecule has 35 nitrogen and oxygen atoms in total. The zero-order valence-corrected chi connectivity index (χ0v) is 48.1. The second-order valence-corrected chi connectivity index (χ2v) is 20.1. The van der Waals surface area contributed by atoms with Crippen molar-refractivity contribution in [1.29, 1.82) is 0 Å². The SMILES string of the molecule is COCNC(=O)CCCC(=O)NC(COCCC(=O)NCCOC1OC(CO)C(O)C(O)C1NC(C)=O)(COCCC(=O)NCCOC1OC(CO)C(O)C(O)C1NC(C)=O)COCCC(=O)NCCOC1OC(CO)C(O)C(O)C1NC(C)=O. The summed E-state index contributed by atoms with van der Waals surface area (Å²) in [4.78, 5) is 100. The van der Waals surface area contributed by atoms with Gasteiger partial charge in [-0.25, -0.2) is 0 Å². The highest BCUT2D eigenvalue weighted by molar-refractivity contribution is 5.80. The monoisotopic (exact) mass is 1230 g/mol. The molecule has 490 valence electrons. The first-order chi connectivity index (χ1) is 40.5. The molecule has 0 spiro atoms. The van der Waals surface area contributed by atoms with Crippen LogP contribution in [0.5, 0.6) is 0 Å². The minimum absolute atomic E-state index is 0.0544. The first kappa shape index (κ1) is 74.3. The van der Waals surface area contributed by atoms with Crippen LogP contribution in [0.2, 0.25) is 0 Å². The molecule has 0 radical (unpaired) electrons. The number of amides is 8. The van der Waals surface area contributed by atoms with E-state index < -0.39 is 184 Å². The molecule has 3 saturated heterocycles. The molecule has 3 rings (SSSR count). The predicted molar refractivity (Wildman–Crippen MR) is 284 cm³/mol. The Kier molecular flexibility index (Phi) is 34.7. The molecule has 3 aliphatic rings. The molecule has 0 aromatic heterocycles. The van der Waals surface area contributed by atoms with Gasteiger partial charge in [-0.05, 0) is 6.42 Å². The third-order valence-electron chi connectivity index (χ3n) is 13.1. The van der Waals surface area contributed by atoms with Crippen LogP contribution < -0.4 is 42.5 Å². The van der Waals surface area contributed by atoms with Crippen LogP contribution in [0.1, 0.15) is 59.3 Å². The zero-order valence-electron chi connectivity index (χ0n) is 48.1. The summed E-state index contributed by atoms with van der Waals surface area (Å²) in [5, 5.41) is 112. The van der Waals surface area contributed by atoms with Crippen molar-refractivity contribution in [1.82, 2.24) is 42.5 Å². The molecule has 35 heteroatoms. The molecule has 85 heavy (non-hydrogen) atoms. The normalized spacial score (nSPS) is 28.2. The van der Waals surface area contributed by atoms with E-state index in [4.69, 9.17) is 47.4 Å². The Morgan fingerprint density at radius 1 is 0.424 bits per heavy atom. The highest BCUT2D eigenvalue weighted by atomic mass is 16.7. The van der Waals surface area contributed by atoms with E-state index in [1.54, 1.807) is 0 Å². The molecular weight excluding hydrogens is 1140 g/mol. The predicted octanol–water partition coefficient (Wildman–Crippen LogP) is -9.82. The van der Waals surface area contributed by atoms with Crippen LogP contribution in [0, 0.1) is 0 Å². The first-order valence-corrected chi connectivity index (χ1v) is 27.6. The second kappa shape index (κ2) is 39.7. The molecule has 0 bridgehead atoms. The summed E-state index contributed by atoms with van der Waals surface area (Å²) in [7, 11) is 1.38. The van der Waals surface area contributed by atoms with E-state index in [0.29, 0.717) is 0 Å². The maximum atomic E-state index is 13.6. The van der Waals surface area contributed by atoms with Gasteiger partial charge in [0.25, 0.3) is 0 Å². The molecule has 0 aromatic rings. The molecule has 3 fully saturated rings. The van der Waals surface area contributed by atoms with Crippen molar-refractivity contribution in [2.45, 2.75) is 157 Å². The van der Waals surface area contributed by atoms with Crippen LogP contribution in [0.15, 0.2) is 0 Å². The van der Waals surface area contributed by atoms with Gasteiger partial charge in [-0.3, -0.25) is 38.4 Å². The Morgan fingerprint density at radius 2 is 0.729 bits per heavy atom. The molecule has 17 N–H and O–H groups in total. The lowest BCUT2D eigenvalue weighted by atomic mass is 9.97. The summed E-state index contributed by atoms with van der Waals surface area (Å²) >= 11 is 0. The van der Waals surface area contributed by atoms with Crippen LogP contribution in [0.3, 0.4) is 0 Å². The van der Waals surface area contributed by atoms with Crippen molar-refractivity contribution in [2.24, 2.45) is 0 Å². The lowest BCUT2D eigenvalue weighted by Gasteiger charge is -2.42. The van der Waals surface area contributed by atoms with Crippen LogP contribution in [-0.2, 0) is 85.7 Å². The van der Waals surface area contributed by atoms with Crippen molar-refractivity contribution >= 4 is 47.3 Å². The maximum Gasteiger partial charge on any atom is 0.222 e. The van der Waals surface area contributed by atoms with E-state index in [-0.39, 0.29) is 105 Å².